The lowest BCUT2D eigenvalue weighted by Crippen LogP contribution is -2.47. The molecule has 166 valence electrons. The predicted molar refractivity (Wildman–Crippen MR) is 134 cm³/mol. The fourth-order valence-corrected chi connectivity index (χ4v) is 5.64. The zero-order valence-electron chi connectivity index (χ0n) is 17.5. The van der Waals surface area contributed by atoms with Crippen LogP contribution in [0.5, 0.6) is 0 Å². The number of thiophene rings is 1. The topological polar surface area (TPSA) is 77.0 Å². The van der Waals surface area contributed by atoms with Crippen LogP contribution in [-0.2, 0) is 16.6 Å². The highest BCUT2D eigenvalue weighted by Crippen LogP contribution is 2.22. The summed E-state index contributed by atoms with van der Waals surface area (Å²) >= 11 is 1.69. The molecular formula is C20H30IN5O2S2. The van der Waals surface area contributed by atoms with Crippen LogP contribution < -0.4 is 10.6 Å². The van der Waals surface area contributed by atoms with Crippen molar-refractivity contribution in [2.45, 2.75) is 24.4 Å². The fraction of sp³-hybridized carbons (Fsp3) is 0.450. The largest absolute Gasteiger partial charge is 0.352 e. The lowest BCUT2D eigenvalue weighted by molar-refractivity contribution is 0.222. The maximum absolute atomic E-state index is 13.2. The molecule has 0 aliphatic carbocycles. The molecule has 1 unspecified atom stereocenters. The van der Waals surface area contributed by atoms with Gasteiger partial charge in [-0.3, -0.25) is 4.99 Å². The van der Waals surface area contributed by atoms with Crippen molar-refractivity contribution in [1.29, 1.82) is 0 Å². The second-order valence-electron chi connectivity index (χ2n) is 7.12. The number of halogens is 1. The Labute approximate surface area is 200 Å². The van der Waals surface area contributed by atoms with Crippen LogP contribution in [0.3, 0.4) is 0 Å². The molecule has 1 aromatic heterocycles. The van der Waals surface area contributed by atoms with Crippen LogP contribution >= 0.6 is 35.3 Å². The van der Waals surface area contributed by atoms with E-state index in [1.54, 1.807) is 34.8 Å². The van der Waals surface area contributed by atoms with Gasteiger partial charge in [-0.25, -0.2) is 8.42 Å². The minimum atomic E-state index is -3.52. The standard InChI is InChI=1S/C20H29N5O2S2.HI/c1-16(18-8-6-14-28-18)23-20(21-2)22-15-17-7-4-5-9-19(17)29(26,27)25-12-10-24(3)11-13-25;/h4-9,14,16H,10-13,15H2,1-3H3,(H2,21,22,23);1H. The van der Waals surface area contributed by atoms with Gasteiger partial charge in [-0.1, -0.05) is 24.3 Å². The molecule has 7 nitrogen and oxygen atoms in total. The zero-order valence-corrected chi connectivity index (χ0v) is 21.5. The number of hydrogen-bond acceptors (Lipinski definition) is 5. The summed E-state index contributed by atoms with van der Waals surface area (Å²) in [5.41, 5.74) is 0.734. The van der Waals surface area contributed by atoms with Crippen molar-refractivity contribution >= 4 is 51.3 Å². The Morgan fingerprint density at radius 2 is 1.87 bits per heavy atom. The van der Waals surface area contributed by atoms with Gasteiger partial charge >= 0.3 is 0 Å². The van der Waals surface area contributed by atoms with Crippen LogP contribution in [-0.4, -0.2) is 63.9 Å². The van der Waals surface area contributed by atoms with Crippen molar-refractivity contribution in [2.75, 3.05) is 40.3 Å². The first-order chi connectivity index (χ1) is 13.9. The SMILES string of the molecule is CN=C(NCc1ccccc1S(=O)(=O)N1CCN(C)CC1)NC(C)c1cccs1.I. The van der Waals surface area contributed by atoms with E-state index in [1.165, 1.54) is 4.88 Å². The van der Waals surface area contributed by atoms with Gasteiger partial charge in [-0.2, -0.15) is 4.31 Å². The number of piperazine rings is 1. The first-order valence-electron chi connectivity index (χ1n) is 9.69. The molecule has 2 N–H and O–H groups in total. The molecule has 0 amide bonds. The van der Waals surface area contributed by atoms with E-state index in [0.717, 1.165) is 18.7 Å². The number of hydrogen-bond donors (Lipinski definition) is 2. The third-order valence-corrected chi connectivity index (χ3v) is 8.10. The van der Waals surface area contributed by atoms with Gasteiger partial charge in [-0.05, 0) is 37.0 Å². The molecule has 30 heavy (non-hydrogen) atoms. The monoisotopic (exact) mass is 563 g/mol. The van der Waals surface area contributed by atoms with Gasteiger partial charge in [0, 0.05) is 44.6 Å². The quantitative estimate of drug-likeness (QED) is 0.321. The molecule has 1 fully saturated rings. The fourth-order valence-electron chi connectivity index (χ4n) is 3.26. The van der Waals surface area contributed by atoms with E-state index in [9.17, 15) is 8.42 Å². The van der Waals surface area contributed by atoms with Crippen LogP contribution in [0.4, 0.5) is 0 Å². The number of benzene rings is 1. The highest BCUT2D eigenvalue weighted by Gasteiger charge is 2.29. The van der Waals surface area contributed by atoms with E-state index >= 15 is 0 Å². The summed E-state index contributed by atoms with van der Waals surface area (Å²) in [7, 11) is 0.202. The first kappa shape index (κ1) is 25.1. The molecule has 10 heteroatoms. The van der Waals surface area contributed by atoms with Crippen molar-refractivity contribution < 1.29 is 8.42 Å². The summed E-state index contributed by atoms with van der Waals surface area (Å²) < 4.78 is 28.0. The van der Waals surface area contributed by atoms with Crippen LogP contribution in [0, 0.1) is 0 Å². The minimum Gasteiger partial charge on any atom is -0.352 e. The van der Waals surface area contributed by atoms with E-state index in [1.807, 2.05) is 30.6 Å². The first-order valence-corrected chi connectivity index (χ1v) is 12.0. The zero-order chi connectivity index (χ0) is 20.9. The molecule has 2 aromatic rings. The average molecular weight is 564 g/mol. The molecule has 1 aliphatic rings. The third kappa shape index (κ3) is 6.16. The molecule has 1 aromatic carbocycles. The van der Waals surface area contributed by atoms with Crippen molar-refractivity contribution in [3.8, 4) is 0 Å². The highest BCUT2D eigenvalue weighted by atomic mass is 127. The van der Waals surface area contributed by atoms with Gasteiger partial charge in [-0.15, -0.1) is 35.3 Å². The van der Waals surface area contributed by atoms with Crippen LogP contribution in [0.1, 0.15) is 23.4 Å². The Morgan fingerprint density at radius 1 is 1.17 bits per heavy atom. The Morgan fingerprint density at radius 3 is 2.50 bits per heavy atom. The van der Waals surface area contributed by atoms with Crippen molar-refractivity contribution in [1.82, 2.24) is 19.8 Å². The van der Waals surface area contributed by atoms with Crippen molar-refractivity contribution in [3.05, 3.63) is 52.2 Å². The number of rotatable bonds is 6. The van der Waals surface area contributed by atoms with E-state index < -0.39 is 10.0 Å². The van der Waals surface area contributed by atoms with Crippen LogP contribution in [0.2, 0.25) is 0 Å². The van der Waals surface area contributed by atoms with Gasteiger partial charge in [0.1, 0.15) is 0 Å². The van der Waals surface area contributed by atoms with Gasteiger partial charge in [0.05, 0.1) is 10.9 Å². The minimum absolute atomic E-state index is 0. The second-order valence-corrected chi connectivity index (χ2v) is 10.0. The lowest BCUT2D eigenvalue weighted by Gasteiger charge is -2.32. The molecule has 3 rings (SSSR count). The highest BCUT2D eigenvalue weighted by molar-refractivity contribution is 14.0. The molecule has 0 radical (unpaired) electrons. The Bertz CT molecular complexity index is 926. The molecule has 1 atom stereocenters. The maximum Gasteiger partial charge on any atom is 0.243 e. The van der Waals surface area contributed by atoms with Crippen molar-refractivity contribution in [2.24, 2.45) is 4.99 Å². The molecule has 1 saturated heterocycles. The summed E-state index contributed by atoms with van der Waals surface area (Å²) in [6.45, 7) is 4.97. The number of likely N-dealkylation sites (N-methyl/N-ethyl adjacent to an activating group) is 1. The van der Waals surface area contributed by atoms with E-state index in [0.29, 0.717) is 30.5 Å². The maximum atomic E-state index is 13.2. The molecule has 0 bridgehead atoms. The van der Waals surface area contributed by atoms with E-state index in [2.05, 4.69) is 33.5 Å². The molecular weight excluding hydrogens is 533 g/mol. The average Bonchev–Trinajstić information content (AvgIpc) is 3.26. The number of nitrogens with zero attached hydrogens (tertiary/aromatic N) is 3. The molecule has 0 spiro atoms. The Hall–Kier alpha value is -1.21. The smallest absolute Gasteiger partial charge is 0.243 e. The van der Waals surface area contributed by atoms with Gasteiger partial charge in [0.2, 0.25) is 10.0 Å². The molecule has 2 heterocycles. The number of guanidine groups is 1. The third-order valence-electron chi connectivity index (χ3n) is 5.05. The summed E-state index contributed by atoms with van der Waals surface area (Å²) in [5, 5.41) is 8.65. The van der Waals surface area contributed by atoms with Gasteiger partial charge in [0.25, 0.3) is 0 Å². The second kappa shape index (κ2) is 11.4. The summed E-state index contributed by atoms with van der Waals surface area (Å²) in [4.78, 5) is 7.99. The molecule has 1 aliphatic heterocycles. The van der Waals surface area contributed by atoms with Gasteiger partial charge in [0.15, 0.2) is 5.96 Å². The Balaban J connectivity index is 0.00000320. The van der Waals surface area contributed by atoms with Crippen LogP contribution in [0.15, 0.2) is 51.7 Å². The number of sulfonamides is 1. The van der Waals surface area contributed by atoms with E-state index in [-0.39, 0.29) is 30.0 Å². The predicted octanol–water partition coefficient (Wildman–Crippen LogP) is 2.73. The van der Waals surface area contributed by atoms with Gasteiger partial charge < -0.3 is 15.5 Å². The summed E-state index contributed by atoms with van der Waals surface area (Å²) in [5.74, 6) is 0.637. The van der Waals surface area contributed by atoms with Crippen LogP contribution in [0.25, 0.3) is 0 Å². The van der Waals surface area contributed by atoms with Crippen molar-refractivity contribution in [3.63, 3.8) is 0 Å². The summed E-state index contributed by atoms with van der Waals surface area (Å²) in [6.07, 6.45) is 0. The van der Waals surface area contributed by atoms with E-state index in [4.69, 9.17) is 0 Å². The Kier molecular flexibility index (Phi) is 9.54. The lowest BCUT2D eigenvalue weighted by atomic mass is 10.2. The molecule has 0 saturated carbocycles. The number of aliphatic imine (C=N–C) groups is 1. The normalized spacial score (nSPS) is 17.2. The summed E-state index contributed by atoms with van der Waals surface area (Å²) in [6, 6.07) is 11.4. The number of nitrogens with one attached hydrogen (secondary N) is 2.